The highest BCUT2D eigenvalue weighted by molar-refractivity contribution is 5.81. The number of phenolic OH excluding ortho intramolecular Hbond substituents is 1. The molecule has 2 rings (SSSR count). The monoisotopic (exact) mass is 294 g/mol. The van der Waals surface area contributed by atoms with Gasteiger partial charge in [0.05, 0.1) is 26.4 Å². The number of carbonyl (C=O) groups is 1. The Kier molecular flexibility index (Phi) is 5.41. The van der Waals surface area contributed by atoms with Crippen LogP contribution < -0.4 is 10.1 Å². The molecule has 2 N–H and O–H groups in total. The molecular weight excluding hydrogens is 272 g/mol. The SMILES string of the molecule is COc1ccc(CNC(C)C(=O)N2CCOCC2)cc1O. The fourth-order valence-electron chi connectivity index (χ4n) is 2.26. The summed E-state index contributed by atoms with van der Waals surface area (Å²) in [6, 6.07) is 4.93. The Hall–Kier alpha value is -1.79. The molecule has 0 radical (unpaired) electrons. The molecular formula is C15H22N2O4. The maximum absolute atomic E-state index is 12.2. The summed E-state index contributed by atoms with van der Waals surface area (Å²) in [5, 5.41) is 12.9. The number of morpholine rings is 1. The first-order valence-corrected chi connectivity index (χ1v) is 7.07. The maximum atomic E-state index is 12.2. The first-order valence-electron chi connectivity index (χ1n) is 7.07. The van der Waals surface area contributed by atoms with E-state index in [2.05, 4.69) is 5.32 Å². The molecule has 6 nitrogen and oxygen atoms in total. The Labute approximate surface area is 124 Å². The molecule has 1 amide bonds. The van der Waals surface area contributed by atoms with E-state index >= 15 is 0 Å². The van der Waals surface area contributed by atoms with Crippen LogP contribution >= 0.6 is 0 Å². The third kappa shape index (κ3) is 4.09. The fraction of sp³-hybridized carbons (Fsp3) is 0.533. The van der Waals surface area contributed by atoms with Gasteiger partial charge >= 0.3 is 0 Å². The summed E-state index contributed by atoms with van der Waals surface area (Å²) >= 11 is 0. The third-order valence-electron chi connectivity index (χ3n) is 3.55. The number of ether oxygens (including phenoxy) is 2. The molecule has 21 heavy (non-hydrogen) atoms. The molecule has 1 unspecified atom stereocenters. The fourth-order valence-corrected chi connectivity index (χ4v) is 2.26. The van der Waals surface area contributed by atoms with Gasteiger partial charge in [0.2, 0.25) is 5.91 Å². The zero-order valence-electron chi connectivity index (χ0n) is 12.5. The van der Waals surface area contributed by atoms with E-state index in [9.17, 15) is 9.90 Å². The molecule has 0 aromatic heterocycles. The Morgan fingerprint density at radius 1 is 1.48 bits per heavy atom. The molecule has 1 saturated heterocycles. The number of nitrogens with zero attached hydrogens (tertiary/aromatic N) is 1. The van der Waals surface area contributed by atoms with Crippen LogP contribution in [0.2, 0.25) is 0 Å². The molecule has 116 valence electrons. The summed E-state index contributed by atoms with van der Waals surface area (Å²) in [4.78, 5) is 14.0. The lowest BCUT2D eigenvalue weighted by molar-refractivity contribution is -0.137. The number of benzene rings is 1. The van der Waals surface area contributed by atoms with Crippen molar-refractivity contribution in [3.05, 3.63) is 23.8 Å². The number of hydrogen-bond donors (Lipinski definition) is 2. The molecule has 6 heteroatoms. The lowest BCUT2D eigenvalue weighted by atomic mass is 10.2. The molecule has 1 aliphatic rings. The summed E-state index contributed by atoms with van der Waals surface area (Å²) in [6.45, 7) is 4.86. The third-order valence-corrected chi connectivity index (χ3v) is 3.55. The van der Waals surface area contributed by atoms with Crippen LogP contribution in [0.4, 0.5) is 0 Å². The Balaban J connectivity index is 1.86. The molecule has 1 aromatic carbocycles. The topological polar surface area (TPSA) is 71.0 Å². The van der Waals surface area contributed by atoms with Crippen molar-refractivity contribution in [2.45, 2.75) is 19.5 Å². The molecule has 1 fully saturated rings. The van der Waals surface area contributed by atoms with E-state index in [0.717, 1.165) is 5.56 Å². The number of phenols is 1. The predicted octanol–water partition coefficient (Wildman–Crippen LogP) is 0.738. The summed E-state index contributed by atoms with van der Waals surface area (Å²) in [5.74, 6) is 0.621. The zero-order valence-corrected chi connectivity index (χ0v) is 12.5. The van der Waals surface area contributed by atoms with Crippen molar-refractivity contribution in [1.82, 2.24) is 10.2 Å². The Morgan fingerprint density at radius 3 is 2.81 bits per heavy atom. The number of amides is 1. The zero-order chi connectivity index (χ0) is 15.2. The van der Waals surface area contributed by atoms with Gasteiger partial charge in [-0.05, 0) is 24.6 Å². The highest BCUT2D eigenvalue weighted by atomic mass is 16.5. The minimum atomic E-state index is -0.271. The summed E-state index contributed by atoms with van der Waals surface area (Å²) < 4.78 is 10.2. The Morgan fingerprint density at radius 2 is 2.19 bits per heavy atom. The van der Waals surface area contributed by atoms with E-state index in [-0.39, 0.29) is 17.7 Å². The lowest BCUT2D eigenvalue weighted by Gasteiger charge is -2.29. The molecule has 1 aromatic rings. The van der Waals surface area contributed by atoms with Crippen molar-refractivity contribution < 1.29 is 19.4 Å². The second-order valence-electron chi connectivity index (χ2n) is 5.05. The second kappa shape index (κ2) is 7.28. The van der Waals surface area contributed by atoms with Gasteiger partial charge in [0.25, 0.3) is 0 Å². The van der Waals surface area contributed by atoms with Gasteiger partial charge in [0.15, 0.2) is 11.5 Å². The molecule has 1 heterocycles. The van der Waals surface area contributed by atoms with Gasteiger partial charge in [-0.3, -0.25) is 4.79 Å². The van der Waals surface area contributed by atoms with E-state index in [0.29, 0.717) is 38.6 Å². The van der Waals surface area contributed by atoms with Crippen LogP contribution in [0, 0.1) is 0 Å². The summed E-state index contributed by atoms with van der Waals surface area (Å²) in [6.07, 6.45) is 0. The first kappa shape index (κ1) is 15.6. The smallest absolute Gasteiger partial charge is 0.239 e. The first-order chi connectivity index (χ1) is 10.1. The van der Waals surface area contributed by atoms with Gasteiger partial charge in [-0.1, -0.05) is 6.07 Å². The van der Waals surface area contributed by atoms with Crippen molar-refractivity contribution in [2.24, 2.45) is 0 Å². The van der Waals surface area contributed by atoms with Crippen LogP contribution in [0.1, 0.15) is 12.5 Å². The quantitative estimate of drug-likeness (QED) is 0.838. The number of carbonyl (C=O) groups excluding carboxylic acids is 1. The number of rotatable bonds is 5. The summed E-state index contributed by atoms with van der Waals surface area (Å²) in [7, 11) is 1.51. The highest BCUT2D eigenvalue weighted by Gasteiger charge is 2.21. The van der Waals surface area contributed by atoms with Crippen molar-refractivity contribution in [3.63, 3.8) is 0 Å². The van der Waals surface area contributed by atoms with Gasteiger partial charge in [-0.15, -0.1) is 0 Å². The maximum Gasteiger partial charge on any atom is 0.239 e. The standard InChI is InChI=1S/C15H22N2O4/c1-11(15(19)17-5-7-21-8-6-17)16-10-12-3-4-14(20-2)13(18)9-12/h3-4,9,11,16,18H,5-8,10H2,1-2H3. The van der Waals surface area contributed by atoms with Crippen molar-refractivity contribution in [1.29, 1.82) is 0 Å². The van der Waals surface area contributed by atoms with Crippen LogP contribution in [0.25, 0.3) is 0 Å². The number of aromatic hydroxyl groups is 1. The van der Waals surface area contributed by atoms with Crippen LogP contribution in [0.3, 0.4) is 0 Å². The molecule has 0 bridgehead atoms. The van der Waals surface area contributed by atoms with Gasteiger partial charge < -0.3 is 24.8 Å². The number of nitrogens with one attached hydrogen (secondary N) is 1. The van der Waals surface area contributed by atoms with Gasteiger partial charge in [-0.25, -0.2) is 0 Å². The van der Waals surface area contributed by atoms with Crippen LogP contribution in [0.15, 0.2) is 18.2 Å². The predicted molar refractivity (Wildman–Crippen MR) is 78.4 cm³/mol. The van der Waals surface area contributed by atoms with E-state index in [4.69, 9.17) is 9.47 Å². The Bertz CT molecular complexity index is 487. The minimum Gasteiger partial charge on any atom is -0.504 e. The molecule has 0 aliphatic carbocycles. The second-order valence-corrected chi connectivity index (χ2v) is 5.05. The molecule has 1 atom stereocenters. The van der Waals surface area contributed by atoms with E-state index < -0.39 is 0 Å². The van der Waals surface area contributed by atoms with Crippen molar-refractivity contribution in [3.8, 4) is 11.5 Å². The van der Waals surface area contributed by atoms with Gasteiger partial charge in [-0.2, -0.15) is 0 Å². The lowest BCUT2D eigenvalue weighted by Crippen LogP contribution is -2.49. The van der Waals surface area contributed by atoms with Gasteiger partial charge in [0.1, 0.15) is 0 Å². The average Bonchev–Trinajstić information content (AvgIpc) is 2.52. The van der Waals surface area contributed by atoms with Crippen LogP contribution in [0.5, 0.6) is 11.5 Å². The summed E-state index contributed by atoms with van der Waals surface area (Å²) in [5.41, 5.74) is 0.898. The molecule has 0 saturated carbocycles. The van der Waals surface area contributed by atoms with Crippen molar-refractivity contribution >= 4 is 5.91 Å². The van der Waals surface area contributed by atoms with Crippen LogP contribution in [-0.2, 0) is 16.1 Å². The minimum absolute atomic E-state index is 0.0797. The van der Waals surface area contributed by atoms with E-state index in [1.54, 1.807) is 12.1 Å². The van der Waals surface area contributed by atoms with Crippen LogP contribution in [-0.4, -0.2) is 55.4 Å². The number of methoxy groups -OCH3 is 1. The normalized spacial score (nSPS) is 16.6. The average molecular weight is 294 g/mol. The van der Waals surface area contributed by atoms with Crippen molar-refractivity contribution in [2.75, 3.05) is 33.4 Å². The molecule has 0 spiro atoms. The largest absolute Gasteiger partial charge is 0.504 e. The number of hydrogen-bond acceptors (Lipinski definition) is 5. The van der Waals surface area contributed by atoms with E-state index in [1.165, 1.54) is 7.11 Å². The molecule has 1 aliphatic heterocycles. The van der Waals surface area contributed by atoms with E-state index in [1.807, 2.05) is 17.9 Å². The van der Waals surface area contributed by atoms with Gasteiger partial charge in [0, 0.05) is 19.6 Å². The highest BCUT2D eigenvalue weighted by Crippen LogP contribution is 2.26.